The first-order valence-electron chi connectivity index (χ1n) is 10.1. The molecular formula is C23H32N2O4Si. The van der Waals surface area contributed by atoms with Crippen molar-refractivity contribution in [1.29, 1.82) is 0 Å². The maximum atomic E-state index is 11.7. The van der Waals surface area contributed by atoms with Crippen LogP contribution in [-0.2, 0) is 14.0 Å². The van der Waals surface area contributed by atoms with Crippen LogP contribution in [-0.4, -0.2) is 40.1 Å². The van der Waals surface area contributed by atoms with Gasteiger partial charge in [0.2, 0.25) is 5.91 Å². The van der Waals surface area contributed by atoms with Crippen LogP contribution < -0.4 is 21.4 Å². The standard InChI is InChI=1S/C23H32N2O4Si/c1-23(2,3)30(19-11-7-5-8-12-19,20-13-9-6-10-14-20)28-17-18(29-22(24)27)15-16-21(26)25-4/h5-14,18H,15-17H2,1-4H3,(H2,24,27)(H,25,26). The average molecular weight is 429 g/mol. The summed E-state index contributed by atoms with van der Waals surface area (Å²) in [5, 5.41) is 4.64. The molecule has 1 unspecified atom stereocenters. The number of benzene rings is 2. The second-order valence-corrected chi connectivity index (χ2v) is 12.6. The molecule has 0 radical (unpaired) electrons. The molecule has 0 spiro atoms. The number of hydrogen-bond donors (Lipinski definition) is 2. The van der Waals surface area contributed by atoms with Gasteiger partial charge in [0, 0.05) is 13.5 Å². The van der Waals surface area contributed by atoms with Gasteiger partial charge in [-0.1, -0.05) is 81.4 Å². The monoisotopic (exact) mass is 428 g/mol. The Morgan fingerprint density at radius 3 is 1.90 bits per heavy atom. The molecule has 2 amide bonds. The number of carbonyl (C=O) groups is 2. The van der Waals surface area contributed by atoms with Crippen molar-refractivity contribution in [2.75, 3.05) is 13.7 Å². The molecule has 3 N–H and O–H groups in total. The van der Waals surface area contributed by atoms with Crippen molar-refractivity contribution in [3.63, 3.8) is 0 Å². The highest BCUT2D eigenvalue weighted by Gasteiger charge is 2.50. The quantitative estimate of drug-likeness (QED) is 0.601. The number of ether oxygens (including phenoxy) is 1. The average Bonchev–Trinajstić information content (AvgIpc) is 2.72. The van der Waals surface area contributed by atoms with Gasteiger partial charge in [0.05, 0.1) is 6.61 Å². The molecule has 0 aromatic heterocycles. The minimum absolute atomic E-state index is 0.126. The zero-order valence-electron chi connectivity index (χ0n) is 18.2. The minimum Gasteiger partial charge on any atom is -0.444 e. The second kappa shape index (κ2) is 10.4. The zero-order chi connectivity index (χ0) is 22.2. The summed E-state index contributed by atoms with van der Waals surface area (Å²) in [7, 11) is -1.19. The van der Waals surface area contributed by atoms with Crippen LogP contribution in [0.25, 0.3) is 0 Å². The van der Waals surface area contributed by atoms with Crippen molar-refractivity contribution >= 4 is 30.7 Å². The molecule has 0 bridgehead atoms. The lowest BCUT2D eigenvalue weighted by Crippen LogP contribution is -2.67. The van der Waals surface area contributed by atoms with Gasteiger partial charge in [-0.2, -0.15) is 0 Å². The Bertz CT molecular complexity index is 783. The minimum atomic E-state index is -2.76. The van der Waals surface area contributed by atoms with E-state index in [1.807, 2.05) is 36.4 Å². The molecule has 2 aromatic rings. The summed E-state index contributed by atoms with van der Waals surface area (Å²) in [5.41, 5.74) is 5.27. The fourth-order valence-electron chi connectivity index (χ4n) is 3.74. The van der Waals surface area contributed by atoms with Crippen LogP contribution in [0.4, 0.5) is 4.79 Å². The van der Waals surface area contributed by atoms with Crippen LogP contribution in [0.15, 0.2) is 60.7 Å². The van der Waals surface area contributed by atoms with Crippen molar-refractivity contribution < 1.29 is 18.8 Å². The fourth-order valence-corrected chi connectivity index (χ4v) is 8.33. The molecule has 0 aliphatic heterocycles. The van der Waals surface area contributed by atoms with Crippen LogP contribution in [0.1, 0.15) is 33.6 Å². The van der Waals surface area contributed by atoms with Gasteiger partial charge < -0.3 is 20.2 Å². The first kappa shape index (κ1) is 23.6. The third-order valence-corrected chi connectivity index (χ3v) is 10.2. The van der Waals surface area contributed by atoms with Crippen molar-refractivity contribution in [3.05, 3.63) is 60.7 Å². The molecule has 1 atom stereocenters. The third kappa shape index (κ3) is 5.70. The molecule has 0 saturated carbocycles. The summed E-state index contributed by atoms with van der Waals surface area (Å²) < 4.78 is 12.1. The maximum absolute atomic E-state index is 11.7. The summed E-state index contributed by atoms with van der Waals surface area (Å²) in [6.07, 6.45) is -0.927. The van der Waals surface area contributed by atoms with E-state index in [9.17, 15) is 9.59 Å². The first-order chi connectivity index (χ1) is 14.2. The van der Waals surface area contributed by atoms with E-state index in [4.69, 9.17) is 14.9 Å². The number of primary amides is 1. The topological polar surface area (TPSA) is 90.7 Å². The summed E-state index contributed by atoms with van der Waals surface area (Å²) in [6.45, 7) is 6.68. The number of nitrogens with two attached hydrogens (primary N) is 1. The molecule has 0 heterocycles. The molecule has 2 aromatic carbocycles. The van der Waals surface area contributed by atoms with E-state index >= 15 is 0 Å². The van der Waals surface area contributed by atoms with Crippen molar-refractivity contribution in [2.45, 2.75) is 44.8 Å². The summed E-state index contributed by atoms with van der Waals surface area (Å²) in [6, 6.07) is 20.4. The van der Waals surface area contributed by atoms with Gasteiger partial charge in [-0.3, -0.25) is 4.79 Å². The molecule has 6 nitrogen and oxygen atoms in total. The zero-order valence-corrected chi connectivity index (χ0v) is 19.2. The number of nitrogens with one attached hydrogen (secondary N) is 1. The Hall–Kier alpha value is -2.64. The van der Waals surface area contributed by atoms with E-state index in [1.54, 1.807) is 7.05 Å². The predicted octanol–water partition coefficient (Wildman–Crippen LogP) is 2.55. The maximum Gasteiger partial charge on any atom is 0.404 e. The lowest BCUT2D eigenvalue weighted by atomic mass is 10.2. The largest absolute Gasteiger partial charge is 0.444 e. The highest BCUT2D eigenvalue weighted by Crippen LogP contribution is 2.37. The summed E-state index contributed by atoms with van der Waals surface area (Å²) >= 11 is 0. The van der Waals surface area contributed by atoms with Gasteiger partial charge in [-0.15, -0.1) is 0 Å². The number of rotatable bonds is 9. The Kier molecular flexibility index (Phi) is 8.20. The van der Waals surface area contributed by atoms with Crippen LogP contribution in [0.2, 0.25) is 5.04 Å². The highest BCUT2D eigenvalue weighted by atomic mass is 28.4. The molecule has 0 aliphatic rings. The van der Waals surface area contributed by atoms with E-state index in [1.165, 1.54) is 0 Å². The Morgan fingerprint density at radius 1 is 1.00 bits per heavy atom. The Morgan fingerprint density at radius 2 is 1.50 bits per heavy atom. The lowest BCUT2D eigenvalue weighted by molar-refractivity contribution is -0.121. The number of hydrogen-bond acceptors (Lipinski definition) is 4. The number of carbonyl (C=O) groups excluding carboxylic acids is 2. The molecule has 162 valence electrons. The molecule has 7 heteroatoms. The van der Waals surface area contributed by atoms with E-state index in [0.29, 0.717) is 6.42 Å². The molecule has 0 aliphatic carbocycles. The van der Waals surface area contributed by atoms with Crippen molar-refractivity contribution in [2.24, 2.45) is 5.73 Å². The lowest BCUT2D eigenvalue weighted by Gasteiger charge is -2.43. The third-order valence-electron chi connectivity index (χ3n) is 5.16. The molecular weight excluding hydrogens is 396 g/mol. The molecule has 0 saturated heterocycles. The van der Waals surface area contributed by atoms with Gasteiger partial charge in [0.15, 0.2) is 0 Å². The van der Waals surface area contributed by atoms with Crippen molar-refractivity contribution in [1.82, 2.24) is 5.32 Å². The molecule has 30 heavy (non-hydrogen) atoms. The summed E-state index contributed by atoms with van der Waals surface area (Å²) in [4.78, 5) is 23.1. The van der Waals surface area contributed by atoms with Crippen LogP contribution >= 0.6 is 0 Å². The van der Waals surface area contributed by atoms with Gasteiger partial charge in [0.1, 0.15) is 6.10 Å². The van der Waals surface area contributed by atoms with E-state index < -0.39 is 20.5 Å². The normalized spacial score (nSPS) is 12.8. The van der Waals surface area contributed by atoms with E-state index in [-0.39, 0.29) is 24.0 Å². The van der Waals surface area contributed by atoms with Gasteiger partial charge in [-0.05, 0) is 21.8 Å². The Balaban J connectivity index is 2.43. The molecule has 2 rings (SSSR count). The SMILES string of the molecule is CNC(=O)CCC(CO[Si](c1ccccc1)(c1ccccc1)C(C)(C)C)OC(N)=O. The smallest absolute Gasteiger partial charge is 0.404 e. The van der Waals surface area contributed by atoms with Gasteiger partial charge in [-0.25, -0.2) is 4.79 Å². The Labute approximate surface area is 179 Å². The van der Waals surface area contributed by atoms with Crippen LogP contribution in [0, 0.1) is 0 Å². The van der Waals surface area contributed by atoms with Crippen LogP contribution in [0.3, 0.4) is 0 Å². The van der Waals surface area contributed by atoms with Gasteiger partial charge >= 0.3 is 6.09 Å². The highest BCUT2D eigenvalue weighted by molar-refractivity contribution is 6.99. The van der Waals surface area contributed by atoms with Crippen molar-refractivity contribution in [3.8, 4) is 0 Å². The number of amides is 2. The predicted molar refractivity (Wildman–Crippen MR) is 121 cm³/mol. The summed E-state index contributed by atoms with van der Waals surface area (Å²) in [5.74, 6) is -0.126. The van der Waals surface area contributed by atoms with E-state index in [2.05, 4.69) is 50.4 Å². The van der Waals surface area contributed by atoms with E-state index in [0.717, 1.165) is 10.4 Å². The van der Waals surface area contributed by atoms with Gasteiger partial charge in [0.25, 0.3) is 8.32 Å². The fraction of sp³-hybridized carbons (Fsp3) is 0.391. The first-order valence-corrected chi connectivity index (χ1v) is 12.0. The second-order valence-electron chi connectivity index (χ2n) is 8.24. The van der Waals surface area contributed by atoms with Crippen LogP contribution in [0.5, 0.6) is 0 Å². The molecule has 0 fully saturated rings.